The monoisotopic (exact) mass is 380 g/mol. The molecule has 0 spiro atoms. The number of carbonyl (C=O) groups is 1. The van der Waals surface area contributed by atoms with Crippen LogP contribution in [0.4, 0.5) is 0 Å². The maximum Gasteiger partial charge on any atom is 0.243 e. The van der Waals surface area contributed by atoms with Crippen molar-refractivity contribution in [2.24, 2.45) is 11.8 Å². The number of benzene rings is 1. The summed E-state index contributed by atoms with van der Waals surface area (Å²) in [5, 5.41) is 3.09. The van der Waals surface area contributed by atoms with Crippen LogP contribution in [0.15, 0.2) is 29.2 Å². The maximum absolute atomic E-state index is 12.7. The molecule has 1 atom stereocenters. The van der Waals surface area contributed by atoms with E-state index in [-0.39, 0.29) is 17.9 Å². The molecule has 1 aliphatic rings. The number of hydrogen-bond donors (Lipinski definition) is 1. The predicted molar refractivity (Wildman–Crippen MR) is 104 cm³/mol. The molecule has 0 radical (unpaired) electrons. The van der Waals surface area contributed by atoms with Crippen molar-refractivity contribution in [2.75, 3.05) is 13.1 Å². The molecule has 0 saturated carbocycles. The first-order chi connectivity index (χ1) is 12.2. The van der Waals surface area contributed by atoms with E-state index in [2.05, 4.69) is 19.2 Å². The lowest BCUT2D eigenvalue weighted by atomic mass is 9.96. The zero-order valence-corrected chi connectivity index (χ0v) is 17.2. The molecule has 146 valence electrons. The standard InChI is InChI=1S/C20H32N2O3S/c1-15(2)5-8-17(4)21-20(23)18-11-13-22(14-12-18)26(24,25)19-9-6-16(3)7-10-19/h6-7,9-10,15,17-18H,5,8,11-14H2,1-4H3,(H,21,23). The highest BCUT2D eigenvalue weighted by Gasteiger charge is 2.32. The van der Waals surface area contributed by atoms with E-state index >= 15 is 0 Å². The first kappa shape index (κ1) is 20.9. The van der Waals surface area contributed by atoms with Crippen molar-refractivity contribution in [3.63, 3.8) is 0 Å². The van der Waals surface area contributed by atoms with Gasteiger partial charge in [0.2, 0.25) is 15.9 Å². The van der Waals surface area contributed by atoms with Crippen LogP contribution in [0.2, 0.25) is 0 Å². The lowest BCUT2D eigenvalue weighted by Crippen LogP contribution is -2.44. The molecule has 1 saturated heterocycles. The Bertz CT molecular complexity index is 690. The number of nitrogens with one attached hydrogen (secondary N) is 1. The van der Waals surface area contributed by atoms with Crippen LogP contribution in [-0.4, -0.2) is 37.8 Å². The number of hydrogen-bond acceptors (Lipinski definition) is 3. The summed E-state index contributed by atoms with van der Waals surface area (Å²) in [6.45, 7) is 9.13. The molecule has 1 fully saturated rings. The molecule has 26 heavy (non-hydrogen) atoms. The second-order valence-corrected chi connectivity index (χ2v) is 9.81. The van der Waals surface area contributed by atoms with Crippen LogP contribution < -0.4 is 5.32 Å². The van der Waals surface area contributed by atoms with Crippen LogP contribution in [-0.2, 0) is 14.8 Å². The molecule has 1 heterocycles. The van der Waals surface area contributed by atoms with E-state index in [0.29, 0.717) is 36.7 Å². The predicted octanol–water partition coefficient (Wildman–Crippen LogP) is 3.34. The largest absolute Gasteiger partial charge is 0.353 e. The van der Waals surface area contributed by atoms with Gasteiger partial charge in [-0.2, -0.15) is 4.31 Å². The fourth-order valence-electron chi connectivity index (χ4n) is 3.23. The Morgan fingerprint density at radius 3 is 2.23 bits per heavy atom. The minimum atomic E-state index is -3.47. The topological polar surface area (TPSA) is 66.5 Å². The highest BCUT2D eigenvalue weighted by atomic mass is 32.2. The number of piperidine rings is 1. The third-order valence-electron chi connectivity index (χ3n) is 5.05. The normalized spacial score (nSPS) is 18.0. The second-order valence-electron chi connectivity index (χ2n) is 7.87. The van der Waals surface area contributed by atoms with E-state index in [9.17, 15) is 13.2 Å². The van der Waals surface area contributed by atoms with E-state index in [1.165, 1.54) is 4.31 Å². The Balaban J connectivity index is 1.88. The molecular weight excluding hydrogens is 348 g/mol. The van der Waals surface area contributed by atoms with Gasteiger partial charge in [0.1, 0.15) is 0 Å². The van der Waals surface area contributed by atoms with Gasteiger partial charge >= 0.3 is 0 Å². The maximum atomic E-state index is 12.7. The quantitative estimate of drug-likeness (QED) is 0.789. The molecule has 5 nitrogen and oxygen atoms in total. The number of amides is 1. The van der Waals surface area contributed by atoms with Gasteiger partial charge < -0.3 is 5.32 Å². The number of aryl methyl sites for hydroxylation is 1. The SMILES string of the molecule is Cc1ccc(S(=O)(=O)N2CCC(C(=O)NC(C)CCC(C)C)CC2)cc1. The van der Waals surface area contributed by atoms with Gasteiger partial charge in [0.15, 0.2) is 0 Å². The summed E-state index contributed by atoms with van der Waals surface area (Å²) >= 11 is 0. The molecule has 1 aliphatic heterocycles. The summed E-state index contributed by atoms with van der Waals surface area (Å²) in [5.74, 6) is 0.596. The Labute approximate surface area is 158 Å². The average molecular weight is 381 g/mol. The fourth-order valence-corrected chi connectivity index (χ4v) is 4.70. The first-order valence-electron chi connectivity index (χ1n) is 9.57. The van der Waals surface area contributed by atoms with Gasteiger partial charge in [-0.05, 0) is 57.6 Å². The van der Waals surface area contributed by atoms with Crippen molar-refractivity contribution in [2.45, 2.75) is 64.3 Å². The minimum absolute atomic E-state index is 0.0636. The average Bonchev–Trinajstić information content (AvgIpc) is 2.60. The van der Waals surface area contributed by atoms with E-state index in [1.807, 2.05) is 26.0 Å². The smallest absolute Gasteiger partial charge is 0.243 e. The molecule has 1 N–H and O–H groups in total. The lowest BCUT2D eigenvalue weighted by Gasteiger charge is -2.31. The molecule has 6 heteroatoms. The van der Waals surface area contributed by atoms with E-state index in [1.54, 1.807) is 12.1 Å². The van der Waals surface area contributed by atoms with Crippen molar-refractivity contribution < 1.29 is 13.2 Å². The van der Waals surface area contributed by atoms with Crippen LogP contribution in [0, 0.1) is 18.8 Å². The van der Waals surface area contributed by atoms with Crippen molar-refractivity contribution in [3.8, 4) is 0 Å². The molecule has 2 rings (SSSR count). The number of nitrogens with zero attached hydrogens (tertiary/aromatic N) is 1. The number of sulfonamides is 1. The summed E-state index contributed by atoms with van der Waals surface area (Å²) in [4.78, 5) is 12.8. The van der Waals surface area contributed by atoms with Crippen LogP contribution in [0.1, 0.15) is 52.0 Å². The summed E-state index contributed by atoms with van der Waals surface area (Å²) < 4.78 is 27.0. The summed E-state index contributed by atoms with van der Waals surface area (Å²) in [6.07, 6.45) is 3.22. The van der Waals surface area contributed by atoms with Crippen molar-refractivity contribution in [3.05, 3.63) is 29.8 Å². The Kier molecular flexibility index (Phi) is 7.24. The van der Waals surface area contributed by atoms with E-state index in [4.69, 9.17) is 0 Å². The van der Waals surface area contributed by atoms with Gasteiger partial charge in [-0.1, -0.05) is 31.5 Å². The highest BCUT2D eigenvalue weighted by Crippen LogP contribution is 2.24. The van der Waals surface area contributed by atoms with Gasteiger partial charge in [-0.3, -0.25) is 4.79 Å². The number of rotatable bonds is 7. The van der Waals surface area contributed by atoms with E-state index in [0.717, 1.165) is 18.4 Å². The van der Waals surface area contributed by atoms with Gasteiger partial charge in [0.25, 0.3) is 0 Å². The molecule has 0 aliphatic carbocycles. The van der Waals surface area contributed by atoms with Gasteiger partial charge in [-0.25, -0.2) is 8.42 Å². The lowest BCUT2D eigenvalue weighted by molar-refractivity contribution is -0.126. The van der Waals surface area contributed by atoms with Gasteiger partial charge in [0, 0.05) is 25.0 Å². The molecule has 1 amide bonds. The Hall–Kier alpha value is -1.40. The number of carbonyl (C=O) groups excluding carboxylic acids is 1. The molecule has 1 unspecified atom stereocenters. The fraction of sp³-hybridized carbons (Fsp3) is 0.650. The van der Waals surface area contributed by atoms with E-state index < -0.39 is 10.0 Å². The molecule has 0 bridgehead atoms. The van der Waals surface area contributed by atoms with Crippen molar-refractivity contribution >= 4 is 15.9 Å². The molecule has 0 aromatic heterocycles. The van der Waals surface area contributed by atoms with Crippen LogP contribution in [0.3, 0.4) is 0 Å². The first-order valence-corrected chi connectivity index (χ1v) is 11.0. The molecular formula is C20H32N2O3S. The minimum Gasteiger partial charge on any atom is -0.353 e. The summed E-state index contributed by atoms with van der Waals surface area (Å²) in [5.41, 5.74) is 1.03. The summed E-state index contributed by atoms with van der Waals surface area (Å²) in [7, 11) is -3.47. The third kappa shape index (κ3) is 5.55. The second kappa shape index (κ2) is 9.00. The van der Waals surface area contributed by atoms with Gasteiger partial charge in [0.05, 0.1) is 4.90 Å². The van der Waals surface area contributed by atoms with Crippen LogP contribution in [0.5, 0.6) is 0 Å². The summed E-state index contributed by atoms with van der Waals surface area (Å²) in [6, 6.07) is 7.09. The van der Waals surface area contributed by atoms with Crippen molar-refractivity contribution in [1.82, 2.24) is 9.62 Å². The van der Waals surface area contributed by atoms with Gasteiger partial charge in [-0.15, -0.1) is 0 Å². The Morgan fingerprint density at radius 1 is 1.12 bits per heavy atom. The van der Waals surface area contributed by atoms with Crippen molar-refractivity contribution in [1.29, 1.82) is 0 Å². The van der Waals surface area contributed by atoms with Crippen LogP contribution in [0.25, 0.3) is 0 Å². The zero-order chi connectivity index (χ0) is 19.3. The Morgan fingerprint density at radius 2 is 1.69 bits per heavy atom. The molecule has 1 aromatic carbocycles. The zero-order valence-electron chi connectivity index (χ0n) is 16.4. The highest BCUT2D eigenvalue weighted by molar-refractivity contribution is 7.89. The third-order valence-corrected chi connectivity index (χ3v) is 6.96. The van der Waals surface area contributed by atoms with Crippen LogP contribution >= 0.6 is 0 Å². The molecule has 1 aromatic rings.